The Morgan fingerprint density at radius 2 is 2.22 bits per heavy atom. The highest BCUT2D eigenvalue weighted by Crippen LogP contribution is 2.33. The molecule has 2 atom stereocenters. The topological polar surface area (TPSA) is 20.3 Å². The Bertz CT molecular complexity index is 401. The van der Waals surface area contributed by atoms with Gasteiger partial charge >= 0.3 is 0 Å². The zero-order valence-corrected chi connectivity index (χ0v) is 11.6. The molecule has 2 heterocycles. The summed E-state index contributed by atoms with van der Waals surface area (Å²) in [6.45, 7) is 2.22. The molecule has 1 aliphatic heterocycles. The van der Waals surface area contributed by atoms with Crippen LogP contribution in [0.1, 0.15) is 43.4 Å². The predicted molar refractivity (Wildman–Crippen MR) is 74.7 cm³/mol. The number of carbonyl (C=O) groups excluding carboxylic acids is 1. The van der Waals surface area contributed by atoms with Gasteiger partial charge in [0.2, 0.25) is 0 Å². The quantitative estimate of drug-likeness (QED) is 0.832. The Kier molecular flexibility index (Phi) is 3.80. The van der Waals surface area contributed by atoms with E-state index in [1.54, 1.807) is 0 Å². The molecule has 0 bridgehead atoms. The van der Waals surface area contributed by atoms with Crippen molar-refractivity contribution in [1.29, 1.82) is 0 Å². The third-order valence-corrected chi connectivity index (χ3v) is 5.28. The number of nitrogens with zero attached hydrogens (tertiary/aromatic N) is 1. The van der Waals surface area contributed by atoms with Crippen molar-refractivity contribution in [3.63, 3.8) is 0 Å². The molecule has 2 nitrogen and oxygen atoms in total. The van der Waals surface area contributed by atoms with Crippen LogP contribution >= 0.6 is 11.3 Å². The van der Waals surface area contributed by atoms with Gasteiger partial charge in [-0.3, -0.25) is 9.69 Å². The van der Waals surface area contributed by atoms with E-state index in [0.29, 0.717) is 17.7 Å². The minimum Gasteiger partial charge on any atom is -0.299 e. The van der Waals surface area contributed by atoms with Crippen LogP contribution in [0.4, 0.5) is 0 Å². The predicted octanol–water partition coefficient (Wildman–Crippen LogP) is 3.47. The van der Waals surface area contributed by atoms with Crippen molar-refractivity contribution >= 4 is 17.1 Å². The van der Waals surface area contributed by atoms with Gasteiger partial charge in [0, 0.05) is 29.8 Å². The van der Waals surface area contributed by atoms with E-state index < -0.39 is 0 Å². The molecule has 1 aliphatic carbocycles. The van der Waals surface area contributed by atoms with Crippen molar-refractivity contribution in [2.45, 2.75) is 51.1 Å². The summed E-state index contributed by atoms with van der Waals surface area (Å²) < 4.78 is 0. The lowest BCUT2D eigenvalue weighted by molar-refractivity contribution is -0.123. The van der Waals surface area contributed by atoms with Crippen molar-refractivity contribution in [1.82, 2.24) is 4.90 Å². The van der Waals surface area contributed by atoms with Gasteiger partial charge < -0.3 is 0 Å². The smallest absolute Gasteiger partial charge is 0.137 e. The highest BCUT2D eigenvalue weighted by molar-refractivity contribution is 7.09. The molecule has 1 aromatic rings. The fourth-order valence-electron chi connectivity index (χ4n) is 3.52. The Hall–Kier alpha value is -0.670. The molecule has 1 aromatic heterocycles. The third kappa shape index (κ3) is 2.52. The van der Waals surface area contributed by atoms with Gasteiger partial charge in [-0.15, -0.1) is 11.3 Å². The highest BCUT2D eigenvalue weighted by Gasteiger charge is 2.36. The largest absolute Gasteiger partial charge is 0.299 e. The summed E-state index contributed by atoms with van der Waals surface area (Å²) in [5.74, 6) is 0.864. The summed E-state index contributed by atoms with van der Waals surface area (Å²) in [6, 6.07) is 4.86. The normalized spacial score (nSPS) is 29.9. The molecule has 18 heavy (non-hydrogen) atoms. The number of Topliss-reactive ketones (excluding diaryl/α,β-unsaturated/α-hetero) is 1. The maximum atomic E-state index is 12.0. The van der Waals surface area contributed by atoms with Crippen molar-refractivity contribution in [3.8, 4) is 0 Å². The van der Waals surface area contributed by atoms with Crippen LogP contribution in [-0.4, -0.2) is 23.3 Å². The lowest BCUT2D eigenvalue weighted by atomic mass is 9.88. The summed E-state index contributed by atoms with van der Waals surface area (Å²) >= 11 is 1.84. The van der Waals surface area contributed by atoms with E-state index in [-0.39, 0.29) is 0 Å². The number of carbonyl (C=O) groups is 1. The molecule has 98 valence electrons. The first-order valence-electron chi connectivity index (χ1n) is 7.14. The van der Waals surface area contributed by atoms with Crippen LogP contribution < -0.4 is 0 Å². The average molecular weight is 263 g/mol. The van der Waals surface area contributed by atoms with Gasteiger partial charge in [0.15, 0.2) is 0 Å². The van der Waals surface area contributed by atoms with Gasteiger partial charge in [0.1, 0.15) is 5.78 Å². The summed E-state index contributed by atoms with van der Waals surface area (Å²) in [4.78, 5) is 16.0. The number of likely N-dealkylation sites (tertiary alicyclic amines) is 1. The van der Waals surface area contributed by atoms with E-state index in [4.69, 9.17) is 0 Å². The molecule has 3 rings (SSSR count). The molecular formula is C15H21NOS. The van der Waals surface area contributed by atoms with Gasteiger partial charge in [0.05, 0.1) is 0 Å². The number of hydrogen-bond acceptors (Lipinski definition) is 3. The highest BCUT2D eigenvalue weighted by atomic mass is 32.1. The molecule has 2 aliphatic rings. The van der Waals surface area contributed by atoms with E-state index in [1.807, 2.05) is 11.3 Å². The number of thiophene rings is 1. The second kappa shape index (κ2) is 5.54. The first kappa shape index (κ1) is 12.4. The minimum absolute atomic E-state index is 0.338. The van der Waals surface area contributed by atoms with Crippen molar-refractivity contribution in [2.75, 3.05) is 6.54 Å². The molecule has 0 spiro atoms. The molecular weight excluding hydrogens is 242 g/mol. The van der Waals surface area contributed by atoms with Crippen LogP contribution in [-0.2, 0) is 11.3 Å². The standard InChI is InChI=1S/C15H21NOS/c17-15-8-3-6-13(15)14-7-1-2-9-16(14)11-12-5-4-10-18-12/h4-5,10,13-14H,1-3,6-9,11H2. The first-order valence-corrected chi connectivity index (χ1v) is 8.02. The van der Waals surface area contributed by atoms with Crippen LogP contribution in [0.3, 0.4) is 0 Å². The van der Waals surface area contributed by atoms with E-state index in [0.717, 1.165) is 25.8 Å². The molecule has 0 radical (unpaired) electrons. The van der Waals surface area contributed by atoms with Gasteiger partial charge in [-0.1, -0.05) is 12.5 Å². The van der Waals surface area contributed by atoms with Crippen LogP contribution in [0.5, 0.6) is 0 Å². The summed E-state index contributed by atoms with van der Waals surface area (Å²) in [6.07, 6.45) is 6.89. The zero-order chi connectivity index (χ0) is 12.4. The maximum absolute atomic E-state index is 12.0. The molecule has 2 fully saturated rings. The van der Waals surface area contributed by atoms with E-state index in [2.05, 4.69) is 22.4 Å². The van der Waals surface area contributed by atoms with Crippen molar-refractivity contribution in [3.05, 3.63) is 22.4 Å². The van der Waals surface area contributed by atoms with Crippen LogP contribution in [0.25, 0.3) is 0 Å². The Balaban J connectivity index is 1.71. The second-order valence-electron chi connectivity index (χ2n) is 5.58. The molecule has 2 unspecified atom stereocenters. The summed E-state index contributed by atoms with van der Waals surface area (Å²) in [5.41, 5.74) is 0. The maximum Gasteiger partial charge on any atom is 0.137 e. The second-order valence-corrected chi connectivity index (χ2v) is 6.61. The zero-order valence-electron chi connectivity index (χ0n) is 10.8. The average Bonchev–Trinajstić information content (AvgIpc) is 3.02. The van der Waals surface area contributed by atoms with E-state index >= 15 is 0 Å². The van der Waals surface area contributed by atoms with Gasteiger partial charge in [-0.05, 0) is 43.7 Å². The summed E-state index contributed by atoms with van der Waals surface area (Å²) in [7, 11) is 0. The number of piperidine rings is 1. The monoisotopic (exact) mass is 263 g/mol. The molecule has 0 N–H and O–H groups in total. The number of hydrogen-bond donors (Lipinski definition) is 0. The molecule has 3 heteroatoms. The summed E-state index contributed by atoms with van der Waals surface area (Å²) in [5, 5.41) is 2.15. The van der Waals surface area contributed by atoms with Crippen LogP contribution in [0.2, 0.25) is 0 Å². The number of rotatable bonds is 3. The Labute approximate surface area is 113 Å². The van der Waals surface area contributed by atoms with Crippen molar-refractivity contribution < 1.29 is 4.79 Å². The lowest BCUT2D eigenvalue weighted by Gasteiger charge is -2.38. The van der Waals surface area contributed by atoms with Crippen molar-refractivity contribution in [2.24, 2.45) is 5.92 Å². The molecule has 0 amide bonds. The van der Waals surface area contributed by atoms with E-state index in [1.165, 1.54) is 30.7 Å². The van der Waals surface area contributed by atoms with Gasteiger partial charge in [0.25, 0.3) is 0 Å². The molecule has 1 saturated carbocycles. The van der Waals surface area contributed by atoms with Crippen LogP contribution in [0.15, 0.2) is 17.5 Å². The minimum atomic E-state index is 0.338. The lowest BCUT2D eigenvalue weighted by Crippen LogP contribution is -2.44. The van der Waals surface area contributed by atoms with E-state index in [9.17, 15) is 4.79 Å². The fraction of sp³-hybridized carbons (Fsp3) is 0.667. The molecule has 1 saturated heterocycles. The van der Waals surface area contributed by atoms with Gasteiger partial charge in [-0.2, -0.15) is 0 Å². The fourth-order valence-corrected chi connectivity index (χ4v) is 4.25. The van der Waals surface area contributed by atoms with Crippen LogP contribution in [0, 0.1) is 5.92 Å². The Morgan fingerprint density at radius 1 is 1.28 bits per heavy atom. The third-order valence-electron chi connectivity index (χ3n) is 4.42. The van der Waals surface area contributed by atoms with Gasteiger partial charge in [-0.25, -0.2) is 0 Å². The SMILES string of the molecule is O=C1CCCC1C1CCCCN1Cc1cccs1. The number of ketones is 1. The molecule has 0 aromatic carbocycles. The Morgan fingerprint density at radius 3 is 2.94 bits per heavy atom. The first-order chi connectivity index (χ1) is 8.84.